The van der Waals surface area contributed by atoms with Crippen molar-refractivity contribution in [2.24, 2.45) is 0 Å². The Morgan fingerprint density at radius 3 is 2.57 bits per heavy atom. The molecule has 10 nitrogen and oxygen atoms in total. The highest BCUT2D eigenvalue weighted by molar-refractivity contribution is 5.67. The third kappa shape index (κ3) is 6.50. The Kier molecular flexibility index (Phi) is 8.19. The number of benzene rings is 2. The van der Waals surface area contributed by atoms with Crippen molar-refractivity contribution in [2.75, 3.05) is 45.9 Å². The highest BCUT2D eigenvalue weighted by Gasteiger charge is 2.26. The van der Waals surface area contributed by atoms with Crippen LogP contribution in [0.4, 0.5) is 0 Å². The van der Waals surface area contributed by atoms with Crippen molar-refractivity contribution in [2.45, 2.75) is 12.6 Å². The smallest absolute Gasteiger partial charge is 0.329 e. The standard InChI is InChI=1S/C25H30N6O4/c1-2-10-29-11-13-30(14-12-29)24(21-4-3-5-22(32)17-21)19-6-8-20(9-7-19)25-26-28-31(27-25)15-16-35-18-23(33)34/h2-9,17,24,32H,1,10-16,18H2,(H,33,34). The van der Waals surface area contributed by atoms with Crippen LogP contribution >= 0.6 is 0 Å². The second-order valence-electron chi connectivity index (χ2n) is 8.40. The number of aromatic hydroxyl groups is 1. The van der Waals surface area contributed by atoms with Crippen LogP contribution < -0.4 is 0 Å². The van der Waals surface area contributed by atoms with Gasteiger partial charge in [0.05, 0.1) is 19.2 Å². The number of carboxylic acids is 1. The van der Waals surface area contributed by atoms with Gasteiger partial charge < -0.3 is 14.9 Å². The maximum atomic E-state index is 10.5. The van der Waals surface area contributed by atoms with Gasteiger partial charge in [-0.05, 0) is 28.5 Å². The van der Waals surface area contributed by atoms with E-state index in [1.165, 1.54) is 4.80 Å². The van der Waals surface area contributed by atoms with Crippen LogP contribution in [0.5, 0.6) is 5.75 Å². The molecule has 3 aromatic rings. The highest BCUT2D eigenvalue weighted by Crippen LogP contribution is 2.32. The molecule has 0 aliphatic carbocycles. The van der Waals surface area contributed by atoms with Crippen molar-refractivity contribution < 1.29 is 19.7 Å². The number of carbonyl (C=O) groups is 1. The first-order chi connectivity index (χ1) is 17.0. The van der Waals surface area contributed by atoms with Gasteiger partial charge in [-0.25, -0.2) is 4.79 Å². The summed E-state index contributed by atoms with van der Waals surface area (Å²) >= 11 is 0. The minimum absolute atomic E-state index is 0.0112. The molecule has 0 saturated carbocycles. The molecule has 2 heterocycles. The van der Waals surface area contributed by atoms with E-state index in [0.29, 0.717) is 12.4 Å². The van der Waals surface area contributed by atoms with E-state index in [1.54, 1.807) is 6.07 Å². The number of piperazine rings is 1. The van der Waals surface area contributed by atoms with E-state index >= 15 is 0 Å². The summed E-state index contributed by atoms with van der Waals surface area (Å²) in [7, 11) is 0. The van der Waals surface area contributed by atoms with Crippen LogP contribution in [-0.4, -0.2) is 92.1 Å². The largest absolute Gasteiger partial charge is 0.508 e. The van der Waals surface area contributed by atoms with E-state index in [2.05, 4.69) is 43.9 Å². The number of phenolic OH excluding ortho intramolecular Hbond substituents is 1. The fraction of sp³-hybridized carbons (Fsp3) is 0.360. The number of ether oxygens (including phenoxy) is 1. The number of carboxylic acid groups (broad SMARTS) is 1. The lowest BCUT2D eigenvalue weighted by atomic mass is 9.95. The minimum Gasteiger partial charge on any atom is -0.508 e. The zero-order valence-corrected chi connectivity index (χ0v) is 19.5. The lowest BCUT2D eigenvalue weighted by Crippen LogP contribution is -2.47. The van der Waals surface area contributed by atoms with E-state index in [0.717, 1.165) is 49.4 Å². The molecule has 1 aliphatic rings. The van der Waals surface area contributed by atoms with Gasteiger partial charge in [0.15, 0.2) is 0 Å². The van der Waals surface area contributed by atoms with E-state index in [-0.39, 0.29) is 25.0 Å². The van der Waals surface area contributed by atoms with Crippen molar-refractivity contribution >= 4 is 5.97 Å². The molecule has 2 aromatic carbocycles. The average molecular weight is 479 g/mol. The van der Waals surface area contributed by atoms with Crippen LogP contribution in [0.15, 0.2) is 61.2 Å². The van der Waals surface area contributed by atoms with Crippen molar-refractivity contribution in [1.29, 1.82) is 0 Å². The van der Waals surface area contributed by atoms with Crippen LogP contribution in [-0.2, 0) is 16.1 Å². The van der Waals surface area contributed by atoms with Crippen LogP contribution in [0.2, 0.25) is 0 Å². The van der Waals surface area contributed by atoms with Crippen LogP contribution in [0.1, 0.15) is 17.2 Å². The van der Waals surface area contributed by atoms with Crippen LogP contribution in [0, 0.1) is 0 Å². The molecule has 35 heavy (non-hydrogen) atoms. The summed E-state index contributed by atoms with van der Waals surface area (Å²) in [5.41, 5.74) is 2.99. The Labute approximate surface area is 204 Å². The Morgan fingerprint density at radius 1 is 1.11 bits per heavy atom. The summed E-state index contributed by atoms with van der Waals surface area (Å²) in [4.78, 5) is 16.7. The molecule has 0 bridgehead atoms. The number of nitrogens with zero attached hydrogens (tertiary/aromatic N) is 6. The molecule has 0 radical (unpaired) electrons. The molecule has 10 heteroatoms. The van der Waals surface area contributed by atoms with Gasteiger partial charge in [0.2, 0.25) is 5.82 Å². The van der Waals surface area contributed by atoms with Crippen molar-refractivity contribution in [1.82, 2.24) is 30.0 Å². The average Bonchev–Trinajstić information content (AvgIpc) is 3.33. The van der Waals surface area contributed by atoms with Gasteiger partial charge >= 0.3 is 5.97 Å². The number of aliphatic carboxylic acids is 1. The van der Waals surface area contributed by atoms with E-state index in [1.807, 2.05) is 36.4 Å². The van der Waals surface area contributed by atoms with Gasteiger partial charge in [0.1, 0.15) is 12.4 Å². The summed E-state index contributed by atoms with van der Waals surface area (Å²) in [6.45, 7) is 8.63. The summed E-state index contributed by atoms with van der Waals surface area (Å²) in [6, 6.07) is 15.5. The van der Waals surface area contributed by atoms with Crippen LogP contribution in [0.3, 0.4) is 0 Å². The zero-order chi connectivity index (χ0) is 24.6. The molecule has 1 aromatic heterocycles. The number of tetrazole rings is 1. The third-order valence-electron chi connectivity index (χ3n) is 5.94. The van der Waals surface area contributed by atoms with E-state index < -0.39 is 5.97 Å². The first kappa shape index (κ1) is 24.5. The highest BCUT2D eigenvalue weighted by atomic mass is 16.5. The quantitative estimate of drug-likeness (QED) is 0.315. The monoisotopic (exact) mass is 478 g/mol. The molecule has 0 amide bonds. The fourth-order valence-corrected chi connectivity index (χ4v) is 4.27. The fourth-order valence-electron chi connectivity index (χ4n) is 4.27. The first-order valence-corrected chi connectivity index (χ1v) is 11.6. The predicted octanol–water partition coefficient (Wildman–Crippen LogP) is 2.04. The molecule has 1 unspecified atom stereocenters. The van der Waals surface area contributed by atoms with Gasteiger partial charge in [0.25, 0.3) is 0 Å². The maximum absolute atomic E-state index is 10.5. The Morgan fingerprint density at radius 2 is 1.89 bits per heavy atom. The molecular weight excluding hydrogens is 448 g/mol. The summed E-state index contributed by atoms with van der Waals surface area (Å²) in [5, 5.41) is 31.2. The summed E-state index contributed by atoms with van der Waals surface area (Å²) in [5.74, 6) is -0.274. The predicted molar refractivity (Wildman–Crippen MR) is 130 cm³/mol. The van der Waals surface area contributed by atoms with Gasteiger partial charge in [-0.2, -0.15) is 4.80 Å². The normalized spacial score (nSPS) is 15.7. The summed E-state index contributed by atoms with van der Waals surface area (Å²) in [6.07, 6.45) is 1.94. The van der Waals surface area contributed by atoms with Crippen molar-refractivity contribution in [3.8, 4) is 17.1 Å². The number of hydrogen-bond acceptors (Lipinski definition) is 8. The third-order valence-corrected chi connectivity index (χ3v) is 5.94. The topological polar surface area (TPSA) is 117 Å². The number of phenols is 1. The number of rotatable bonds is 11. The Hall–Kier alpha value is -3.60. The lowest BCUT2D eigenvalue weighted by Gasteiger charge is -2.39. The molecule has 0 spiro atoms. The van der Waals surface area contributed by atoms with Gasteiger partial charge in [-0.1, -0.05) is 42.5 Å². The molecule has 1 fully saturated rings. The minimum atomic E-state index is -1.01. The number of hydrogen-bond donors (Lipinski definition) is 2. The van der Waals surface area contributed by atoms with Crippen LogP contribution in [0.25, 0.3) is 11.4 Å². The number of aromatic nitrogens is 4. The lowest BCUT2D eigenvalue weighted by molar-refractivity contribution is -0.142. The maximum Gasteiger partial charge on any atom is 0.329 e. The Bertz CT molecular complexity index is 1120. The van der Waals surface area contributed by atoms with Gasteiger partial charge in [0, 0.05) is 38.3 Å². The molecule has 1 atom stereocenters. The zero-order valence-electron chi connectivity index (χ0n) is 19.5. The molecule has 2 N–H and O–H groups in total. The van der Waals surface area contributed by atoms with E-state index in [9.17, 15) is 9.90 Å². The molecule has 1 aliphatic heterocycles. The first-order valence-electron chi connectivity index (χ1n) is 11.6. The van der Waals surface area contributed by atoms with E-state index in [4.69, 9.17) is 9.84 Å². The SMILES string of the molecule is C=CCN1CCN(C(c2ccc(-c3nnn(CCOCC(=O)O)n3)cc2)c2cccc(O)c2)CC1. The Balaban J connectivity index is 1.49. The molecular formula is C25H30N6O4. The summed E-state index contributed by atoms with van der Waals surface area (Å²) < 4.78 is 5.03. The van der Waals surface area contributed by atoms with Crippen molar-refractivity contribution in [3.63, 3.8) is 0 Å². The van der Waals surface area contributed by atoms with Gasteiger partial charge in [-0.3, -0.25) is 9.80 Å². The molecule has 4 rings (SSSR count). The second kappa shape index (κ2) is 11.7. The second-order valence-corrected chi connectivity index (χ2v) is 8.40. The molecule has 184 valence electrons. The van der Waals surface area contributed by atoms with Gasteiger partial charge in [-0.15, -0.1) is 16.8 Å². The molecule has 1 saturated heterocycles. The van der Waals surface area contributed by atoms with Crippen molar-refractivity contribution in [3.05, 3.63) is 72.3 Å².